The van der Waals surface area contributed by atoms with Crippen molar-refractivity contribution in [2.75, 3.05) is 0 Å². The van der Waals surface area contributed by atoms with E-state index >= 15 is 0 Å². The van der Waals surface area contributed by atoms with E-state index in [-0.39, 0.29) is 0 Å². The van der Waals surface area contributed by atoms with Crippen LogP contribution in [0.1, 0.15) is 27.7 Å². The van der Waals surface area contributed by atoms with E-state index in [4.69, 9.17) is 12.8 Å². The zero-order valence-corrected chi connectivity index (χ0v) is 11.8. The summed E-state index contributed by atoms with van der Waals surface area (Å²) in [5.41, 5.74) is -2.13. The van der Waals surface area contributed by atoms with Gasteiger partial charge in [0, 0.05) is 12.2 Å². The van der Waals surface area contributed by atoms with Crippen molar-refractivity contribution in [3.05, 3.63) is 12.2 Å². The minimum Gasteiger partial charge on any atom is -0.292 e. The molecule has 0 amide bonds. The van der Waals surface area contributed by atoms with Gasteiger partial charge >= 0.3 is 11.9 Å². The Hall–Kier alpha value is -2.28. The van der Waals surface area contributed by atoms with E-state index in [0.29, 0.717) is 0 Å². The van der Waals surface area contributed by atoms with E-state index in [1.54, 1.807) is 0 Å². The zero-order valence-electron chi connectivity index (χ0n) is 11.8. The number of carbonyl (C=O) groups is 2. The van der Waals surface area contributed by atoms with Gasteiger partial charge < -0.3 is 0 Å². The van der Waals surface area contributed by atoms with Crippen LogP contribution in [0, 0.1) is 24.7 Å². The maximum atomic E-state index is 11.2. The fourth-order valence-electron chi connectivity index (χ4n) is 0.530. The molecule has 0 aromatic heterocycles. The summed E-state index contributed by atoms with van der Waals surface area (Å²) in [6.45, 7) is 6.09. The third-order valence-electron chi connectivity index (χ3n) is 1.71. The fraction of sp³-hybridized carbons (Fsp3) is 0.429. The quantitative estimate of drug-likeness (QED) is 0.316. The van der Waals surface area contributed by atoms with Gasteiger partial charge in [0.05, 0.1) is 0 Å². The summed E-state index contributed by atoms with van der Waals surface area (Å²) in [7, 11) is 0. The normalized spacial score (nSPS) is 11.5. The highest BCUT2D eigenvalue weighted by Crippen LogP contribution is 2.08. The molecule has 6 heteroatoms. The summed E-state index contributed by atoms with van der Waals surface area (Å²) in [4.78, 5) is 40.4. The molecule has 0 rings (SSSR count). The van der Waals surface area contributed by atoms with Crippen LogP contribution < -0.4 is 0 Å². The predicted molar refractivity (Wildman–Crippen MR) is 69.3 cm³/mol. The molecule has 108 valence electrons. The maximum Gasteiger partial charge on any atom is 0.366 e. The SMILES string of the molecule is C#CC(C)(C)OOC(=O)C=CC(=O)OOC(C)(C)C#C. The Bertz CT molecular complexity index is 429. The fourth-order valence-corrected chi connectivity index (χ4v) is 0.530. The first-order valence-corrected chi connectivity index (χ1v) is 5.55. The van der Waals surface area contributed by atoms with Gasteiger partial charge in [0.25, 0.3) is 0 Å². The van der Waals surface area contributed by atoms with Gasteiger partial charge in [-0.1, -0.05) is 11.8 Å². The molecule has 0 bridgehead atoms. The Morgan fingerprint density at radius 3 is 1.40 bits per heavy atom. The third kappa shape index (κ3) is 7.93. The molecule has 6 nitrogen and oxygen atoms in total. The van der Waals surface area contributed by atoms with Gasteiger partial charge in [-0.2, -0.15) is 9.78 Å². The smallest absolute Gasteiger partial charge is 0.292 e. The largest absolute Gasteiger partial charge is 0.366 e. The average Bonchev–Trinajstić information content (AvgIpc) is 2.40. The molecule has 0 heterocycles. The van der Waals surface area contributed by atoms with Crippen molar-refractivity contribution in [2.24, 2.45) is 0 Å². The first-order valence-electron chi connectivity index (χ1n) is 5.55. The van der Waals surface area contributed by atoms with Gasteiger partial charge in [0.1, 0.15) is 0 Å². The van der Waals surface area contributed by atoms with Crippen molar-refractivity contribution >= 4 is 11.9 Å². The van der Waals surface area contributed by atoms with Crippen molar-refractivity contribution < 1.29 is 29.1 Å². The van der Waals surface area contributed by atoms with E-state index in [9.17, 15) is 9.59 Å². The lowest BCUT2D eigenvalue weighted by atomic mass is 10.2. The Balaban J connectivity index is 4.18. The van der Waals surface area contributed by atoms with Crippen LogP contribution in [0.3, 0.4) is 0 Å². The monoisotopic (exact) mass is 280 g/mol. The molecule has 0 spiro atoms. The average molecular weight is 280 g/mol. The first kappa shape index (κ1) is 17.7. The highest BCUT2D eigenvalue weighted by Gasteiger charge is 2.19. The second-order valence-electron chi connectivity index (χ2n) is 4.61. The van der Waals surface area contributed by atoms with Gasteiger partial charge in [-0.25, -0.2) is 9.59 Å². The highest BCUT2D eigenvalue weighted by molar-refractivity contribution is 5.91. The summed E-state index contributed by atoms with van der Waals surface area (Å²) >= 11 is 0. The molecule has 0 aromatic rings. The van der Waals surface area contributed by atoms with Gasteiger partial charge in [0.15, 0.2) is 11.2 Å². The van der Waals surface area contributed by atoms with Gasteiger partial charge in [-0.05, 0) is 27.7 Å². The molecule has 0 radical (unpaired) electrons. The van der Waals surface area contributed by atoms with Crippen LogP contribution in [0.2, 0.25) is 0 Å². The Morgan fingerprint density at radius 1 is 0.850 bits per heavy atom. The first-order chi connectivity index (χ1) is 9.12. The van der Waals surface area contributed by atoms with Gasteiger partial charge in [-0.15, -0.1) is 12.8 Å². The Kier molecular flexibility index (Phi) is 6.51. The predicted octanol–water partition coefficient (Wildman–Crippen LogP) is 1.32. The molecular weight excluding hydrogens is 264 g/mol. The van der Waals surface area contributed by atoms with Crippen LogP contribution in [-0.2, 0) is 29.1 Å². The number of hydrogen-bond donors (Lipinski definition) is 0. The third-order valence-corrected chi connectivity index (χ3v) is 1.71. The van der Waals surface area contributed by atoms with Crippen molar-refractivity contribution in [1.29, 1.82) is 0 Å². The summed E-state index contributed by atoms with van der Waals surface area (Å²) in [5, 5.41) is 0. The maximum absolute atomic E-state index is 11.2. The second kappa shape index (κ2) is 7.34. The van der Waals surface area contributed by atoms with Crippen LogP contribution >= 0.6 is 0 Å². The molecule has 0 atom stereocenters. The van der Waals surface area contributed by atoms with E-state index in [1.807, 2.05) is 0 Å². The molecule has 0 aliphatic rings. The lowest BCUT2D eigenvalue weighted by molar-refractivity contribution is -0.307. The molecule has 0 aliphatic carbocycles. The summed E-state index contributed by atoms with van der Waals surface area (Å²) in [5.74, 6) is 2.64. The highest BCUT2D eigenvalue weighted by atomic mass is 17.2. The number of hydrogen-bond acceptors (Lipinski definition) is 6. The van der Waals surface area contributed by atoms with E-state index in [1.165, 1.54) is 27.7 Å². The Labute approximate surface area is 117 Å². The standard InChI is InChI=1S/C14H16O6/c1-7-13(3,4)19-17-11(15)9-10-12(16)18-20-14(5,6)8-2/h1-2,9-10H,3-6H3. The molecule has 0 saturated heterocycles. The van der Waals surface area contributed by atoms with Crippen LogP contribution in [0.4, 0.5) is 0 Å². The molecular formula is C14H16O6. The minimum atomic E-state index is -1.07. The number of rotatable bonds is 6. The minimum absolute atomic E-state index is 0.793. The van der Waals surface area contributed by atoms with Crippen LogP contribution in [0.5, 0.6) is 0 Å². The van der Waals surface area contributed by atoms with E-state index < -0.39 is 23.1 Å². The second-order valence-corrected chi connectivity index (χ2v) is 4.61. The molecule has 0 fully saturated rings. The van der Waals surface area contributed by atoms with E-state index in [0.717, 1.165) is 12.2 Å². The van der Waals surface area contributed by atoms with Crippen LogP contribution in [0.25, 0.3) is 0 Å². The van der Waals surface area contributed by atoms with Crippen LogP contribution in [0.15, 0.2) is 12.2 Å². The molecule has 0 aromatic carbocycles. The lowest BCUT2D eigenvalue weighted by Crippen LogP contribution is -2.24. The van der Waals surface area contributed by atoms with Crippen LogP contribution in [-0.4, -0.2) is 23.1 Å². The van der Waals surface area contributed by atoms with Crippen molar-refractivity contribution in [1.82, 2.24) is 0 Å². The number of carbonyl (C=O) groups excluding carboxylic acids is 2. The molecule has 0 N–H and O–H groups in total. The Morgan fingerprint density at radius 2 is 1.15 bits per heavy atom. The van der Waals surface area contributed by atoms with Gasteiger partial charge in [-0.3, -0.25) is 9.78 Å². The molecule has 0 saturated carbocycles. The summed E-state index contributed by atoms with van der Waals surface area (Å²) in [6, 6.07) is 0. The van der Waals surface area contributed by atoms with Gasteiger partial charge in [0.2, 0.25) is 0 Å². The summed E-state index contributed by atoms with van der Waals surface area (Å²) in [6.07, 6.45) is 11.8. The van der Waals surface area contributed by atoms with Crippen molar-refractivity contribution in [3.63, 3.8) is 0 Å². The van der Waals surface area contributed by atoms with E-state index in [2.05, 4.69) is 31.4 Å². The van der Waals surface area contributed by atoms with Crippen molar-refractivity contribution in [2.45, 2.75) is 38.9 Å². The number of terminal acetylenes is 2. The lowest BCUT2D eigenvalue weighted by Gasteiger charge is -2.15. The topological polar surface area (TPSA) is 71.1 Å². The molecule has 20 heavy (non-hydrogen) atoms. The molecule has 0 unspecified atom stereocenters. The zero-order chi connectivity index (χ0) is 15.8. The molecule has 0 aliphatic heterocycles. The van der Waals surface area contributed by atoms with Crippen molar-refractivity contribution in [3.8, 4) is 24.7 Å². The summed E-state index contributed by atoms with van der Waals surface area (Å²) < 4.78 is 0.